The summed E-state index contributed by atoms with van der Waals surface area (Å²) >= 11 is 5.51. The van der Waals surface area contributed by atoms with E-state index in [1.54, 1.807) is 12.2 Å². The van der Waals surface area contributed by atoms with E-state index in [4.69, 9.17) is 16.7 Å². The standard InChI is InChI=1S/C6H5ClO/c7-5-3-1-2-4-6(5)8/h2-5,8H. The van der Waals surface area contributed by atoms with Crippen LogP contribution >= 0.6 is 11.6 Å². The SMILES string of the molecule is OC1=CC=C=CC1Cl. The number of halogens is 1. The summed E-state index contributed by atoms with van der Waals surface area (Å²) in [4.78, 5) is 0. The van der Waals surface area contributed by atoms with Crippen molar-refractivity contribution in [1.82, 2.24) is 0 Å². The molecule has 0 aliphatic heterocycles. The molecule has 0 aromatic heterocycles. The van der Waals surface area contributed by atoms with E-state index in [1.807, 2.05) is 0 Å². The average molecular weight is 129 g/mol. The van der Waals surface area contributed by atoms with Crippen LogP contribution < -0.4 is 0 Å². The molecule has 0 saturated carbocycles. The van der Waals surface area contributed by atoms with Crippen molar-refractivity contribution in [1.29, 1.82) is 0 Å². The summed E-state index contributed by atoms with van der Waals surface area (Å²) in [5, 5.41) is 8.43. The van der Waals surface area contributed by atoms with Gasteiger partial charge in [0.15, 0.2) is 0 Å². The third kappa shape index (κ3) is 0.945. The monoisotopic (exact) mass is 128 g/mol. The Hall–Kier alpha value is -0.650. The first-order chi connectivity index (χ1) is 3.80. The lowest BCUT2D eigenvalue weighted by Crippen LogP contribution is -1.98. The zero-order chi connectivity index (χ0) is 5.98. The van der Waals surface area contributed by atoms with Crippen molar-refractivity contribution in [3.05, 3.63) is 29.7 Å². The van der Waals surface area contributed by atoms with Crippen LogP contribution in [0.5, 0.6) is 0 Å². The van der Waals surface area contributed by atoms with Crippen molar-refractivity contribution in [2.45, 2.75) is 5.38 Å². The first-order valence-corrected chi connectivity index (χ1v) is 2.70. The molecule has 1 unspecified atom stereocenters. The largest absolute Gasteiger partial charge is 0.510 e. The molecule has 2 heteroatoms. The van der Waals surface area contributed by atoms with E-state index in [1.165, 1.54) is 6.08 Å². The Morgan fingerprint density at radius 2 is 2.50 bits per heavy atom. The van der Waals surface area contributed by atoms with Crippen molar-refractivity contribution in [3.8, 4) is 0 Å². The van der Waals surface area contributed by atoms with E-state index in [0.717, 1.165) is 0 Å². The van der Waals surface area contributed by atoms with Gasteiger partial charge in [-0.3, -0.25) is 0 Å². The Balaban J connectivity index is 2.86. The molecule has 1 nitrogen and oxygen atoms in total. The molecule has 0 aromatic carbocycles. The highest BCUT2D eigenvalue weighted by atomic mass is 35.5. The fraction of sp³-hybridized carbons (Fsp3) is 0.167. The molecule has 0 bridgehead atoms. The summed E-state index contributed by atoms with van der Waals surface area (Å²) in [5.74, 6) is 0.186. The van der Waals surface area contributed by atoms with Crippen molar-refractivity contribution in [3.63, 3.8) is 0 Å². The number of hydrogen-bond donors (Lipinski definition) is 1. The second kappa shape index (κ2) is 2.08. The second-order valence-corrected chi connectivity index (χ2v) is 1.96. The highest BCUT2D eigenvalue weighted by molar-refractivity contribution is 6.23. The molecule has 0 spiro atoms. The molecule has 1 N–H and O–H groups in total. The summed E-state index contributed by atoms with van der Waals surface area (Å²) in [6, 6.07) is 0. The normalized spacial score (nSPS) is 25.6. The second-order valence-electron chi connectivity index (χ2n) is 1.49. The summed E-state index contributed by atoms with van der Waals surface area (Å²) < 4.78 is 0. The van der Waals surface area contributed by atoms with Gasteiger partial charge in [-0.2, -0.15) is 0 Å². The minimum absolute atomic E-state index is 0.186. The maximum atomic E-state index is 8.80. The highest BCUT2D eigenvalue weighted by Gasteiger charge is 2.04. The number of aliphatic hydroxyl groups is 1. The van der Waals surface area contributed by atoms with E-state index in [0.29, 0.717) is 0 Å². The Labute approximate surface area is 52.6 Å². The van der Waals surface area contributed by atoms with Crippen LogP contribution in [0.2, 0.25) is 0 Å². The molecule has 1 rings (SSSR count). The van der Waals surface area contributed by atoms with Gasteiger partial charge in [-0.1, -0.05) is 0 Å². The van der Waals surface area contributed by atoms with Gasteiger partial charge >= 0.3 is 0 Å². The lowest BCUT2D eigenvalue weighted by Gasteiger charge is -2.01. The number of hydrogen-bond acceptors (Lipinski definition) is 1. The molecule has 0 heterocycles. The third-order valence-corrected chi connectivity index (χ3v) is 1.22. The van der Waals surface area contributed by atoms with Crippen LogP contribution in [-0.4, -0.2) is 10.5 Å². The van der Waals surface area contributed by atoms with Crippen LogP contribution in [0.3, 0.4) is 0 Å². The van der Waals surface area contributed by atoms with Gasteiger partial charge in [-0.05, 0) is 18.2 Å². The molecule has 1 aliphatic carbocycles. The molecule has 0 radical (unpaired) electrons. The molecule has 0 aromatic rings. The van der Waals surface area contributed by atoms with Crippen LogP contribution in [0.4, 0.5) is 0 Å². The Morgan fingerprint density at radius 3 is 2.88 bits per heavy atom. The molecule has 1 aliphatic rings. The molecule has 0 saturated heterocycles. The van der Waals surface area contributed by atoms with E-state index in [-0.39, 0.29) is 11.1 Å². The van der Waals surface area contributed by atoms with Gasteiger partial charge in [0.2, 0.25) is 0 Å². The zero-order valence-electron chi connectivity index (χ0n) is 4.13. The van der Waals surface area contributed by atoms with Crippen LogP contribution in [0.1, 0.15) is 0 Å². The average Bonchev–Trinajstić information content (AvgIpc) is 1.77. The highest BCUT2D eigenvalue weighted by Crippen LogP contribution is 2.10. The van der Waals surface area contributed by atoms with Crippen molar-refractivity contribution < 1.29 is 5.11 Å². The summed E-state index contributed by atoms with van der Waals surface area (Å²) in [6.45, 7) is 0. The quantitative estimate of drug-likeness (QED) is 0.389. The minimum Gasteiger partial charge on any atom is -0.510 e. The smallest absolute Gasteiger partial charge is 0.116 e. The number of rotatable bonds is 0. The van der Waals surface area contributed by atoms with Gasteiger partial charge in [0.25, 0.3) is 0 Å². The van der Waals surface area contributed by atoms with Crippen molar-refractivity contribution >= 4 is 11.6 Å². The summed E-state index contributed by atoms with van der Waals surface area (Å²) in [6.07, 6.45) is 4.74. The zero-order valence-corrected chi connectivity index (χ0v) is 4.89. The lowest BCUT2D eigenvalue weighted by molar-refractivity contribution is 0.403. The maximum absolute atomic E-state index is 8.80. The Kier molecular flexibility index (Phi) is 1.43. The van der Waals surface area contributed by atoms with Gasteiger partial charge in [0.1, 0.15) is 11.1 Å². The van der Waals surface area contributed by atoms with Crippen LogP contribution in [0, 0.1) is 0 Å². The van der Waals surface area contributed by atoms with Crippen LogP contribution in [-0.2, 0) is 0 Å². The first kappa shape index (κ1) is 5.49. The van der Waals surface area contributed by atoms with Gasteiger partial charge in [0, 0.05) is 0 Å². The Morgan fingerprint density at radius 1 is 1.75 bits per heavy atom. The van der Waals surface area contributed by atoms with E-state index < -0.39 is 0 Å². The molecule has 0 fully saturated rings. The first-order valence-electron chi connectivity index (χ1n) is 2.26. The summed E-state index contributed by atoms with van der Waals surface area (Å²) in [5.41, 5.74) is 2.75. The maximum Gasteiger partial charge on any atom is 0.116 e. The number of alkyl halides is 1. The topological polar surface area (TPSA) is 20.2 Å². The molecule has 42 valence electrons. The van der Waals surface area contributed by atoms with E-state index in [2.05, 4.69) is 5.73 Å². The van der Waals surface area contributed by atoms with Gasteiger partial charge in [0.05, 0.1) is 0 Å². The fourth-order valence-electron chi connectivity index (χ4n) is 0.451. The lowest BCUT2D eigenvalue weighted by atomic mass is 10.2. The molecule has 1 atom stereocenters. The van der Waals surface area contributed by atoms with E-state index in [9.17, 15) is 0 Å². The van der Waals surface area contributed by atoms with Crippen LogP contribution in [0.15, 0.2) is 29.7 Å². The molecule has 8 heavy (non-hydrogen) atoms. The molecular formula is C6H5ClO. The molecule has 0 amide bonds. The predicted octanol–water partition coefficient (Wildman–Crippen LogP) is 1.76. The Bertz CT molecular complexity index is 175. The third-order valence-electron chi connectivity index (χ3n) is 0.875. The minimum atomic E-state index is -0.375. The van der Waals surface area contributed by atoms with E-state index >= 15 is 0 Å². The fourth-order valence-corrected chi connectivity index (χ4v) is 0.596. The van der Waals surface area contributed by atoms with Gasteiger partial charge in [-0.25, -0.2) is 0 Å². The van der Waals surface area contributed by atoms with Gasteiger partial charge < -0.3 is 5.11 Å². The van der Waals surface area contributed by atoms with Gasteiger partial charge in [-0.15, -0.1) is 17.3 Å². The van der Waals surface area contributed by atoms with Crippen molar-refractivity contribution in [2.75, 3.05) is 0 Å². The number of allylic oxidation sites excluding steroid dienone is 2. The summed E-state index contributed by atoms with van der Waals surface area (Å²) in [7, 11) is 0. The molecular weight excluding hydrogens is 124 g/mol. The number of aliphatic hydroxyl groups excluding tert-OH is 1. The predicted molar refractivity (Wildman–Crippen MR) is 33.0 cm³/mol. The van der Waals surface area contributed by atoms with Crippen molar-refractivity contribution in [2.24, 2.45) is 0 Å². The van der Waals surface area contributed by atoms with Crippen LogP contribution in [0.25, 0.3) is 0 Å².